The summed E-state index contributed by atoms with van der Waals surface area (Å²) in [6, 6.07) is -0.905. The fraction of sp³-hybridized carbons (Fsp3) is 0.800. The molecular weight excluding hydrogens is 284 g/mol. The Labute approximate surface area is 132 Å². The second kappa shape index (κ2) is 12.0. The van der Waals surface area contributed by atoms with Crippen molar-refractivity contribution in [3.8, 4) is 0 Å². The van der Waals surface area contributed by atoms with E-state index in [9.17, 15) is 14.4 Å². The summed E-state index contributed by atoms with van der Waals surface area (Å²) in [6.45, 7) is 2.81. The van der Waals surface area contributed by atoms with Crippen LogP contribution in [0.2, 0.25) is 0 Å². The SMILES string of the molecule is CCCCCCCC(=O)NC(CC(N)=O)C(=O)N(C)CCN. The zero-order chi connectivity index (χ0) is 17.0. The third kappa shape index (κ3) is 9.33. The predicted octanol–water partition coefficient (Wildman–Crippen LogP) is 0.124. The minimum atomic E-state index is -0.905. The molecule has 0 aromatic rings. The summed E-state index contributed by atoms with van der Waals surface area (Å²) in [4.78, 5) is 36.5. The summed E-state index contributed by atoms with van der Waals surface area (Å²) in [5, 5.41) is 2.61. The average Bonchev–Trinajstić information content (AvgIpc) is 2.45. The number of hydrogen-bond donors (Lipinski definition) is 3. The van der Waals surface area contributed by atoms with Gasteiger partial charge in [0.2, 0.25) is 17.7 Å². The number of hydrogen-bond acceptors (Lipinski definition) is 4. The molecule has 7 nitrogen and oxygen atoms in total. The Morgan fingerprint density at radius 1 is 1.14 bits per heavy atom. The first kappa shape index (κ1) is 20.4. The van der Waals surface area contributed by atoms with Gasteiger partial charge in [0.1, 0.15) is 6.04 Å². The molecule has 128 valence electrons. The van der Waals surface area contributed by atoms with E-state index >= 15 is 0 Å². The first-order valence-electron chi connectivity index (χ1n) is 7.95. The average molecular weight is 314 g/mol. The minimum Gasteiger partial charge on any atom is -0.370 e. The van der Waals surface area contributed by atoms with Gasteiger partial charge in [0, 0.05) is 26.6 Å². The molecule has 0 saturated carbocycles. The first-order chi connectivity index (χ1) is 10.4. The largest absolute Gasteiger partial charge is 0.370 e. The van der Waals surface area contributed by atoms with Gasteiger partial charge < -0.3 is 21.7 Å². The van der Waals surface area contributed by atoms with Crippen molar-refractivity contribution < 1.29 is 14.4 Å². The number of amides is 3. The summed E-state index contributed by atoms with van der Waals surface area (Å²) in [5.74, 6) is -1.19. The summed E-state index contributed by atoms with van der Waals surface area (Å²) < 4.78 is 0. The molecule has 0 aliphatic carbocycles. The van der Waals surface area contributed by atoms with Gasteiger partial charge in [-0.05, 0) is 6.42 Å². The fourth-order valence-electron chi connectivity index (χ4n) is 2.13. The van der Waals surface area contributed by atoms with Crippen LogP contribution in [0.5, 0.6) is 0 Å². The molecule has 0 aromatic carbocycles. The van der Waals surface area contributed by atoms with Gasteiger partial charge in [-0.1, -0.05) is 32.6 Å². The molecule has 0 bridgehead atoms. The molecule has 0 aliphatic heterocycles. The Hall–Kier alpha value is -1.63. The van der Waals surface area contributed by atoms with Crippen molar-refractivity contribution in [2.45, 2.75) is 57.9 Å². The van der Waals surface area contributed by atoms with Crippen LogP contribution in [0.4, 0.5) is 0 Å². The van der Waals surface area contributed by atoms with Gasteiger partial charge in [0.15, 0.2) is 0 Å². The Bertz CT molecular complexity index is 361. The maximum atomic E-state index is 12.2. The van der Waals surface area contributed by atoms with Crippen molar-refractivity contribution in [1.29, 1.82) is 0 Å². The highest BCUT2D eigenvalue weighted by Crippen LogP contribution is 2.06. The number of rotatable bonds is 12. The molecule has 3 amide bonds. The zero-order valence-electron chi connectivity index (χ0n) is 13.8. The highest BCUT2D eigenvalue weighted by molar-refractivity contribution is 5.91. The molecule has 0 radical (unpaired) electrons. The van der Waals surface area contributed by atoms with E-state index in [1.165, 1.54) is 4.90 Å². The van der Waals surface area contributed by atoms with E-state index in [0.717, 1.165) is 32.1 Å². The highest BCUT2D eigenvalue weighted by Gasteiger charge is 2.25. The van der Waals surface area contributed by atoms with Crippen LogP contribution < -0.4 is 16.8 Å². The van der Waals surface area contributed by atoms with Crippen molar-refractivity contribution in [2.24, 2.45) is 11.5 Å². The van der Waals surface area contributed by atoms with E-state index in [1.54, 1.807) is 7.05 Å². The number of primary amides is 1. The van der Waals surface area contributed by atoms with Crippen LogP contribution in [0.25, 0.3) is 0 Å². The maximum absolute atomic E-state index is 12.2. The molecule has 0 heterocycles. The lowest BCUT2D eigenvalue weighted by molar-refractivity contribution is -0.137. The topological polar surface area (TPSA) is 119 Å². The van der Waals surface area contributed by atoms with E-state index in [0.29, 0.717) is 19.5 Å². The normalized spacial score (nSPS) is 11.8. The number of nitrogens with two attached hydrogens (primary N) is 2. The van der Waals surface area contributed by atoms with Crippen molar-refractivity contribution in [2.75, 3.05) is 20.1 Å². The van der Waals surface area contributed by atoms with Crippen LogP contribution in [0, 0.1) is 0 Å². The Balaban J connectivity index is 4.36. The molecule has 22 heavy (non-hydrogen) atoms. The van der Waals surface area contributed by atoms with Gasteiger partial charge in [0.25, 0.3) is 0 Å². The van der Waals surface area contributed by atoms with Crippen molar-refractivity contribution in [3.63, 3.8) is 0 Å². The number of unbranched alkanes of at least 4 members (excludes halogenated alkanes) is 4. The van der Waals surface area contributed by atoms with Gasteiger partial charge in [-0.2, -0.15) is 0 Å². The Kier molecular flexibility index (Phi) is 11.1. The third-order valence-corrected chi connectivity index (χ3v) is 3.39. The van der Waals surface area contributed by atoms with Crippen LogP contribution in [0.1, 0.15) is 51.9 Å². The molecule has 5 N–H and O–H groups in total. The summed E-state index contributed by atoms with van der Waals surface area (Å²) >= 11 is 0. The Morgan fingerprint density at radius 3 is 2.32 bits per heavy atom. The highest BCUT2D eigenvalue weighted by atomic mass is 16.2. The Morgan fingerprint density at radius 2 is 1.77 bits per heavy atom. The first-order valence-corrected chi connectivity index (χ1v) is 7.95. The third-order valence-electron chi connectivity index (χ3n) is 3.39. The molecule has 1 atom stereocenters. The lowest BCUT2D eigenvalue weighted by Gasteiger charge is -2.23. The van der Waals surface area contributed by atoms with Crippen LogP contribution in [0.15, 0.2) is 0 Å². The van der Waals surface area contributed by atoms with Crippen molar-refractivity contribution in [1.82, 2.24) is 10.2 Å². The summed E-state index contributed by atoms with van der Waals surface area (Å²) in [5.41, 5.74) is 10.6. The van der Waals surface area contributed by atoms with E-state index in [2.05, 4.69) is 12.2 Å². The molecule has 0 aromatic heterocycles. The maximum Gasteiger partial charge on any atom is 0.245 e. The standard InChI is InChI=1S/C15H30N4O3/c1-3-4-5-6-7-8-14(21)18-12(11-13(17)20)15(22)19(2)10-9-16/h12H,3-11,16H2,1-2H3,(H2,17,20)(H,18,21). The summed E-state index contributed by atoms with van der Waals surface area (Å²) in [6.07, 6.45) is 5.34. The number of likely N-dealkylation sites (N-methyl/N-ethyl adjacent to an activating group) is 1. The lowest BCUT2D eigenvalue weighted by atomic mass is 10.1. The molecule has 7 heteroatoms. The number of carbonyl (C=O) groups is 3. The van der Waals surface area contributed by atoms with E-state index < -0.39 is 11.9 Å². The number of carbonyl (C=O) groups excluding carboxylic acids is 3. The van der Waals surface area contributed by atoms with Crippen LogP contribution in [0.3, 0.4) is 0 Å². The van der Waals surface area contributed by atoms with E-state index in [4.69, 9.17) is 11.5 Å². The van der Waals surface area contributed by atoms with Crippen LogP contribution >= 0.6 is 0 Å². The van der Waals surface area contributed by atoms with Gasteiger partial charge >= 0.3 is 0 Å². The molecular formula is C15H30N4O3. The molecule has 0 aliphatic rings. The molecule has 0 rings (SSSR count). The second-order valence-corrected chi connectivity index (χ2v) is 5.50. The van der Waals surface area contributed by atoms with Gasteiger partial charge in [0.05, 0.1) is 6.42 Å². The summed E-state index contributed by atoms with van der Waals surface area (Å²) in [7, 11) is 1.58. The van der Waals surface area contributed by atoms with Gasteiger partial charge in [-0.25, -0.2) is 0 Å². The lowest BCUT2D eigenvalue weighted by Crippen LogP contribution is -2.50. The quantitative estimate of drug-likeness (QED) is 0.443. The van der Waals surface area contributed by atoms with E-state index in [-0.39, 0.29) is 18.2 Å². The van der Waals surface area contributed by atoms with Gasteiger partial charge in [-0.15, -0.1) is 0 Å². The second-order valence-electron chi connectivity index (χ2n) is 5.50. The van der Waals surface area contributed by atoms with Crippen LogP contribution in [-0.4, -0.2) is 48.8 Å². The zero-order valence-corrected chi connectivity index (χ0v) is 13.8. The predicted molar refractivity (Wildman–Crippen MR) is 85.8 cm³/mol. The smallest absolute Gasteiger partial charge is 0.245 e. The van der Waals surface area contributed by atoms with Crippen molar-refractivity contribution >= 4 is 17.7 Å². The van der Waals surface area contributed by atoms with Crippen LogP contribution in [-0.2, 0) is 14.4 Å². The molecule has 0 saturated heterocycles. The number of nitrogens with zero attached hydrogens (tertiary/aromatic N) is 1. The van der Waals surface area contributed by atoms with E-state index in [1.807, 2.05) is 0 Å². The fourth-order valence-corrected chi connectivity index (χ4v) is 2.13. The molecule has 1 unspecified atom stereocenters. The number of nitrogens with one attached hydrogen (secondary N) is 1. The van der Waals surface area contributed by atoms with Crippen molar-refractivity contribution in [3.05, 3.63) is 0 Å². The van der Waals surface area contributed by atoms with Gasteiger partial charge in [-0.3, -0.25) is 14.4 Å². The minimum absolute atomic E-state index is 0.199. The monoisotopic (exact) mass is 314 g/mol. The molecule has 0 spiro atoms. The molecule has 0 fully saturated rings.